The van der Waals surface area contributed by atoms with Crippen LogP contribution in [0.3, 0.4) is 0 Å². The van der Waals surface area contributed by atoms with Crippen LogP contribution >= 0.6 is 0 Å². The van der Waals surface area contributed by atoms with Crippen LogP contribution < -0.4 is 5.32 Å². The van der Waals surface area contributed by atoms with Crippen molar-refractivity contribution >= 4 is 17.9 Å². The van der Waals surface area contributed by atoms with E-state index in [9.17, 15) is 4.79 Å². The molecule has 0 saturated heterocycles. The lowest BCUT2D eigenvalue weighted by Crippen LogP contribution is -2.27. The molecule has 3 nitrogen and oxygen atoms in total. The van der Waals surface area contributed by atoms with Crippen LogP contribution in [0.15, 0.2) is 24.8 Å². The van der Waals surface area contributed by atoms with E-state index in [1.807, 2.05) is 45.9 Å². The van der Waals surface area contributed by atoms with E-state index in [4.69, 9.17) is 4.74 Å². The Hall–Kier alpha value is -1.77. The van der Waals surface area contributed by atoms with E-state index in [0.29, 0.717) is 5.69 Å². The fourth-order valence-corrected chi connectivity index (χ4v) is 1.38. The van der Waals surface area contributed by atoms with Gasteiger partial charge in [-0.15, -0.1) is 0 Å². The number of ether oxygens (including phenoxy) is 1. The lowest BCUT2D eigenvalue weighted by atomic mass is 10.1. The molecule has 1 rings (SSSR count). The van der Waals surface area contributed by atoms with Crippen LogP contribution in [0.5, 0.6) is 0 Å². The summed E-state index contributed by atoms with van der Waals surface area (Å²) in [5.41, 5.74) is 2.22. The van der Waals surface area contributed by atoms with Gasteiger partial charge in [-0.25, -0.2) is 4.79 Å². The molecular weight excluding hydrogens is 214 g/mol. The standard InChI is InChI=1S/C14H19NO2/c1-6-11-9-10(2)7-8-12(11)15-13(16)17-14(3,4)5/h6-9H,1H2,2-5H3,(H,15,16). The Kier molecular flexibility index (Phi) is 3.94. The minimum Gasteiger partial charge on any atom is -0.444 e. The van der Waals surface area contributed by atoms with E-state index in [0.717, 1.165) is 11.1 Å². The van der Waals surface area contributed by atoms with Crippen LogP contribution in [-0.2, 0) is 4.74 Å². The van der Waals surface area contributed by atoms with Gasteiger partial charge in [0, 0.05) is 0 Å². The van der Waals surface area contributed by atoms with E-state index >= 15 is 0 Å². The lowest BCUT2D eigenvalue weighted by Gasteiger charge is -2.20. The molecule has 1 aromatic carbocycles. The predicted octanol–water partition coefficient (Wildman–Crippen LogP) is 3.99. The molecule has 1 amide bonds. The maximum absolute atomic E-state index is 11.6. The molecule has 17 heavy (non-hydrogen) atoms. The van der Waals surface area contributed by atoms with Crippen molar-refractivity contribution in [1.82, 2.24) is 0 Å². The Morgan fingerprint density at radius 3 is 2.59 bits per heavy atom. The number of aryl methyl sites for hydroxylation is 1. The van der Waals surface area contributed by atoms with Crippen molar-refractivity contribution in [2.24, 2.45) is 0 Å². The minimum absolute atomic E-state index is 0.454. The normalized spacial score (nSPS) is 10.8. The zero-order valence-electron chi connectivity index (χ0n) is 10.8. The van der Waals surface area contributed by atoms with E-state index in [2.05, 4.69) is 11.9 Å². The molecule has 0 heterocycles. The van der Waals surface area contributed by atoms with Crippen molar-refractivity contribution < 1.29 is 9.53 Å². The maximum atomic E-state index is 11.6. The first-order chi connectivity index (χ1) is 7.81. The molecular formula is C14H19NO2. The van der Waals surface area contributed by atoms with Crippen molar-refractivity contribution in [3.63, 3.8) is 0 Å². The average Bonchev–Trinajstić information content (AvgIpc) is 2.17. The van der Waals surface area contributed by atoms with Crippen LogP contribution in [-0.4, -0.2) is 11.7 Å². The van der Waals surface area contributed by atoms with Crippen molar-refractivity contribution in [3.8, 4) is 0 Å². The van der Waals surface area contributed by atoms with Gasteiger partial charge in [0.05, 0.1) is 5.69 Å². The zero-order chi connectivity index (χ0) is 13.1. The van der Waals surface area contributed by atoms with Gasteiger partial charge < -0.3 is 4.74 Å². The second-order valence-electron chi connectivity index (χ2n) is 4.92. The quantitative estimate of drug-likeness (QED) is 0.838. The highest BCUT2D eigenvalue weighted by molar-refractivity contribution is 5.88. The SMILES string of the molecule is C=Cc1cc(C)ccc1NC(=O)OC(C)(C)C. The van der Waals surface area contributed by atoms with Crippen LogP contribution in [0.1, 0.15) is 31.9 Å². The van der Waals surface area contributed by atoms with E-state index in [-0.39, 0.29) is 0 Å². The number of benzene rings is 1. The molecule has 1 aromatic rings. The Labute approximate surface area is 102 Å². The molecule has 0 atom stereocenters. The highest BCUT2D eigenvalue weighted by Gasteiger charge is 2.16. The van der Waals surface area contributed by atoms with Crippen LogP contribution in [0.4, 0.5) is 10.5 Å². The van der Waals surface area contributed by atoms with Crippen molar-refractivity contribution in [1.29, 1.82) is 0 Å². The molecule has 1 N–H and O–H groups in total. The summed E-state index contributed by atoms with van der Waals surface area (Å²) >= 11 is 0. The van der Waals surface area contributed by atoms with Crippen molar-refractivity contribution in [3.05, 3.63) is 35.9 Å². The van der Waals surface area contributed by atoms with Gasteiger partial charge in [-0.3, -0.25) is 5.32 Å². The summed E-state index contributed by atoms with van der Waals surface area (Å²) in [7, 11) is 0. The van der Waals surface area contributed by atoms with Gasteiger partial charge in [-0.05, 0) is 45.4 Å². The van der Waals surface area contributed by atoms with Gasteiger partial charge in [0.1, 0.15) is 5.60 Å². The molecule has 0 aliphatic rings. The molecule has 0 saturated carbocycles. The van der Waals surface area contributed by atoms with E-state index in [1.54, 1.807) is 6.08 Å². The fraction of sp³-hybridized carbons (Fsp3) is 0.357. The minimum atomic E-state index is -0.497. The second kappa shape index (κ2) is 5.04. The molecule has 0 aliphatic heterocycles. The second-order valence-corrected chi connectivity index (χ2v) is 4.92. The van der Waals surface area contributed by atoms with Crippen LogP contribution in [0, 0.1) is 6.92 Å². The molecule has 0 unspecified atom stereocenters. The largest absolute Gasteiger partial charge is 0.444 e. The number of anilines is 1. The molecule has 0 aromatic heterocycles. The van der Waals surface area contributed by atoms with E-state index in [1.165, 1.54) is 0 Å². The molecule has 0 bridgehead atoms. The summed E-state index contributed by atoms with van der Waals surface area (Å²) in [6, 6.07) is 5.73. The Bertz CT molecular complexity index is 430. The summed E-state index contributed by atoms with van der Waals surface area (Å²) in [5, 5.41) is 2.71. The Balaban J connectivity index is 2.81. The topological polar surface area (TPSA) is 38.3 Å². The summed E-state index contributed by atoms with van der Waals surface area (Å²) in [5.74, 6) is 0. The number of carbonyl (C=O) groups is 1. The summed E-state index contributed by atoms with van der Waals surface area (Å²) in [4.78, 5) is 11.6. The molecule has 0 aliphatic carbocycles. The van der Waals surface area contributed by atoms with Crippen molar-refractivity contribution in [2.75, 3.05) is 5.32 Å². The molecule has 3 heteroatoms. The third kappa shape index (κ3) is 4.31. The molecule has 0 radical (unpaired) electrons. The Morgan fingerprint density at radius 1 is 1.41 bits per heavy atom. The fourth-order valence-electron chi connectivity index (χ4n) is 1.38. The van der Waals surface area contributed by atoms with Gasteiger partial charge in [-0.2, -0.15) is 0 Å². The summed E-state index contributed by atoms with van der Waals surface area (Å²) < 4.78 is 5.19. The number of rotatable bonds is 2. The monoisotopic (exact) mass is 233 g/mol. The first-order valence-corrected chi connectivity index (χ1v) is 5.55. The number of hydrogen-bond donors (Lipinski definition) is 1. The first kappa shape index (κ1) is 13.3. The molecule has 0 spiro atoms. The van der Waals surface area contributed by atoms with Gasteiger partial charge in [0.25, 0.3) is 0 Å². The van der Waals surface area contributed by atoms with Crippen LogP contribution in [0.2, 0.25) is 0 Å². The van der Waals surface area contributed by atoms with Gasteiger partial charge in [0.15, 0.2) is 0 Å². The van der Waals surface area contributed by atoms with E-state index < -0.39 is 11.7 Å². The number of carbonyl (C=O) groups excluding carboxylic acids is 1. The lowest BCUT2D eigenvalue weighted by molar-refractivity contribution is 0.0636. The van der Waals surface area contributed by atoms with Gasteiger partial charge >= 0.3 is 6.09 Å². The van der Waals surface area contributed by atoms with Gasteiger partial charge in [0.2, 0.25) is 0 Å². The zero-order valence-corrected chi connectivity index (χ0v) is 10.8. The maximum Gasteiger partial charge on any atom is 0.412 e. The average molecular weight is 233 g/mol. The first-order valence-electron chi connectivity index (χ1n) is 5.55. The summed E-state index contributed by atoms with van der Waals surface area (Å²) in [6.07, 6.45) is 1.25. The van der Waals surface area contributed by atoms with Crippen molar-refractivity contribution in [2.45, 2.75) is 33.3 Å². The Morgan fingerprint density at radius 2 is 2.06 bits per heavy atom. The van der Waals surface area contributed by atoms with Crippen LogP contribution in [0.25, 0.3) is 6.08 Å². The summed E-state index contributed by atoms with van der Waals surface area (Å²) in [6.45, 7) is 11.2. The highest BCUT2D eigenvalue weighted by atomic mass is 16.6. The highest BCUT2D eigenvalue weighted by Crippen LogP contribution is 2.19. The number of nitrogens with one attached hydrogen (secondary N) is 1. The molecule has 92 valence electrons. The molecule has 0 fully saturated rings. The third-order valence-electron chi connectivity index (χ3n) is 2.06. The number of amides is 1. The predicted molar refractivity (Wildman–Crippen MR) is 71.1 cm³/mol. The van der Waals surface area contributed by atoms with Gasteiger partial charge in [-0.1, -0.05) is 24.3 Å². The third-order valence-corrected chi connectivity index (χ3v) is 2.06. The smallest absolute Gasteiger partial charge is 0.412 e. The number of hydrogen-bond acceptors (Lipinski definition) is 2.